The third-order valence-electron chi connectivity index (χ3n) is 22.1. The van der Waals surface area contributed by atoms with Gasteiger partial charge in [-0.2, -0.15) is 0 Å². The van der Waals surface area contributed by atoms with Crippen molar-refractivity contribution in [2.45, 2.75) is 176 Å². The van der Waals surface area contributed by atoms with Crippen molar-refractivity contribution in [1.29, 1.82) is 0 Å². The topological polar surface area (TPSA) is 254 Å². The van der Waals surface area contributed by atoms with Gasteiger partial charge in [0, 0.05) is 28.4 Å². The Morgan fingerprint density at radius 1 is 0.232 bits per heavy atom. The molecule has 4 saturated heterocycles. The molecule has 0 radical (unpaired) electrons. The van der Waals surface area contributed by atoms with E-state index in [1.807, 2.05) is 249 Å². The minimum Gasteiger partial charge on any atom is -0.465 e. The lowest BCUT2D eigenvalue weighted by molar-refractivity contribution is -0.398. The Morgan fingerprint density at radius 2 is 0.464 bits per heavy atom. The van der Waals surface area contributed by atoms with Crippen LogP contribution in [0.3, 0.4) is 0 Å². The lowest BCUT2D eigenvalue weighted by Crippen LogP contribution is -2.69. The highest BCUT2D eigenvalue weighted by molar-refractivity contribution is 6.03. The molecule has 4 aliphatic rings. The molecular weight excluding hydrogens is 1600 g/mol. The molecular formula is C100H108O25. The molecule has 20 atom stereocenters. The molecule has 0 spiro atoms. The maximum absolute atomic E-state index is 14.8. The zero-order valence-corrected chi connectivity index (χ0v) is 70.5. The summed E-state index contributed by atoms with van der Waals surface area (Å²) in [6.45, 7) is 0.0492. The molecule has 14 rings (SSSR count). The number of methoxy groups -OCH3 is 5. The average molecular weight is 1710 g/mol. The number of esters is 3. The van der Waals surface area contributed by atoms with Gasteiger partial charge in [-0.05, 0) is 68.8 Å². The lowest BCUT2D eigenvalue weighted by atomic mass is 9.94. The van der Waals surface area contributed by atoms with E-state index in [1.54, 1.807) is 50.6 Å². The van der Waals surface area contributed by atoms with Gasteiger partial charge in [-0.1, -0.05) is 273 Å². The summed E-state index contributed by atoms with van der Waals surface area (Å²) in [5.41, 5.74) is 6.88. The first-order valence-electron chi connectivity index (χ1n) is 42.0. The van der Waals surface area contributed by atoms with Crippen LogP contribution in [0.2, 0.25) is 0 Å². The van der Waals surface area contributed by atoms with Crippen LogP contribution in [0.1, 0.15) is 75.6 Å². The maximum atomic E-state index is 14.8. The predicted octanol–water partition coefficient (Wildman–Crippen LogP) is 14.2. The van der Waals surface area contributed by atoms with Crippen LogP contribution >= 0.6 is 0 Å². The van der Waals surface area contributed by atoms with E-state index in [1.165, 1.54) is 33.5 Å². The van der Waals surface area contributed by atoms with Crippen LogP contribution < -0.4 is 0 Å². The molecule has 125 heavy (non-hydrogen) atoms. The SMILES string of the molecule is COC(=O)c1ccccc1C(=O)OC1O[C@H](COCc2ccccc2)[C@@H](O[C@H]2O[C@H](COCc3ccccc3)[C@@H](O[C@H]3O[C@H](COCc4ccccc4)[C@@H](O[C@H]4O[C@H](COCc5ccccc5)[C@@H](OC(=O)c5ccccc5)[C@H](OC)[C@@H]4OCc4ccccc4)[C@H](OC)[C@@H]3OCc3ccccc3)[C@H](OC)[C@@H]2OCc2ccccc2)[C@H](OC)[C@@H]1OCc1ccccc1. The molecule has 0 aliphatic carbocycles. The van der Waals surface area contributed by atoms with Crippen molar-refractivity contribution in [1.82, 2.24) is 0 Å². The lowest BCUT2D eigenvalue weighted by Gasteiger charge is -2.52. The molecule has 4 fully saturated rings. The molecule has 0 amide bonds. The van der Waals surface area contributed by atoms with Crippen LogP contribution in [0.5, 0.6) is 0 Å². The first-order chi connectivity index (χ1) is 61.5. The van der Waals surface area contributed by atoms with Gasteiger partial charge >= 0.3 is 17.9 Å². The number of carbonyl (C=O) groups is 3. The van der Waals surface area contributed by atoms with Crippen molar-refractivity contribution in [2.75, 3.05) is 62.0 Å². The molecule has 10 aromatic rings. The number of hydrogen-bond acceptors (Lipinski definition) is 25. The fourth-order valence-electron chi connectivity index (χ4n) is 15.8. The van der Waals surface area contributed by atoms with Crippen molar-refractivity contribution in [3.05, 3.63) is 358 Å². The summed E-state index contributed by atoms with van der Waals surface area (Å²) in [4.78, 5) is 42.5. The van der Waals surface area contributed by atoms with Gasteiger partial charge in [0.15, 0.2) is 25.0 Å². The summed E-state index contributed by atoms with van der Waals surface area (Å²) in [6.07, 6.45) is -24.4. The van der Waals surface area contributed by atoms with Gasteiger partial charge in [0.1, 0.15) is 91.6 Å². The molecule has 1 unspecified atom stereocenters. The van der Waals surface area contributed by atoms with E-state index in [0.717, 1.165) is 44.5 Å². The van der Waals surface area contributed by atoms with E-state index in [2.05, 4.69) is 0 Å². The summed E-state index contributed by atoms with van der Waals surface area (Å²) in [5.74, 6) is -2.29. The van der Waals surface area contributed by atoms with E-state index in [-0.39, 0.29) is 90.4 Å². The molecule has 25 heteroatoms. The summed E-state index contributed by atoms with van der Waals surface area (Å²) in [6, 6.07) is 91.8. The van der Waals surface area contributed by atoms with E-state index in [4.69, 9.17) is 104 Å². The fourth-order valence-corrected chi connectivity index (χ4v) is 15.8. The van der Waals surface area contributed by atoms with Crippen LogP contribution in [0, 0.1) is 0 Å². The number of carbonyl (C=O) groups excluding carboxylic acids is 3. The number of rotatable bonds is 43. The van der Waals surface area contributed by atoms with Crippen LogP contribution in [0.4, 0.5) is 0 Å². The zero-order valence-electron chi connectivity index (χ0n) is 70.5. The first kappa shape index (κ1) is 91.1. The molecule has 658 valence electrons. The number of hydrogen-bond donors (Lipinski definition) is 0. The predicted molar refractivity (Wildman–Crippen MR) is 456 cm³/mol. The van der Waals surface area contributed by atoms with Gasteiger partial charge < -0.3 is 104 Å². The Balaban J connectivity index is 0.851. The molecule has 25 nitrogen and oxygen atoms in total. The van der Waals surface area contributed by atoms with Gasteiger partial charge in [-0.3, -0.25) is 0 Å². The second kappa shape index (κ2) is 47.4. The van der Waals surface area contributed by atoms with Gasteiger partial charge in [0.25, 0.3) is 0 Å². The fraction of sp³-hybridized carbons (Fsp3) is 0.370. The van der Waals surface area contributed by atoms with Crippen molar-refractivity contribution in [3.63, 3.8) is 0 Å². The minimum atomic E-state index is -1.54. The summed E-state index contributed by atoms with van der Waals surface area (Å²) >= 11 is 0. The Bertz CT molecular complexity index is 4790. The first-order valence-corrected chi connectivity index (χ1v) is 42.0. The standard InChI is InChI=1S/C100H108O25/c1-104-86-82(121-94(101)75-51-31-14-32-52-75)78(63-109-55-67-35-15-6-16-36-67)117-97(90(86)113-59-71-43-23-10-24-44-71)122-83-79(64-110-56-68-37-17-7-18-38-68)118-98(91(87(83)105-2)114-60-72-45-25-11-26-46-72)123-84-80(65-111-57-69-39-19-8-20-40-69)119-99(92(88(84)106-3)115-61-73-47-27-12-28-48-73)124-85-81(66-112-58-70-41-21-9-22-42-70)120-100(93(89(85)107-4)116-62-74-49-29-13-30-50-74)125-96(103)77-54-34-33-53-76(77)95(102)108-5/h6-54,78-93,97-100H,55-66H2,1-5H3/t78-,79-,80-,81-,82-,83-,84-,85-,86+,87+,88+,89+,90+,91+,92+,93+,97-,98-,99-,100?/m1/s1. The van der Waals surface area contributed by atoms with E-state index < -0.39 is 141 Å². The van der Waals surface area contributed by atoms with Crippen molar-refractivity contribution >= 4 is 17.9 Å². The van der Waals surface area contributed by atoms with Crippen molar-refractivity contribution in [3.8, 4) is 0 Å². The largest absolute Gasteiger partial charge is 0.465 e. The van der Waals surface area contributed by atoms with Crippen molar-refractivity contribution < 1.29 is 119 Å². The Hall–Kier alpha value is -10.2. The Kier molecular flexibility index (Phi) is 34.6. The van der Waals surface area contributed by atoms with E-state index >= 15 is 0 Å². The third kappa shape index (κ3) is 25.0. The van der Waals surface area contributed by atoms with Crippen LogP contribution in [0.15, 0.2) is 297 Å². The molecule has 0 saturated carbocycles. The molecule has 0 bridgehead atoms. The van der Waals surface area contributed by atoms with Gasteiger partial charge in [0.2, 0.25) is 6.29 Å². The summed E-state index contributed by atoms with van der Waals surface area (Å²) in [5, 5.41) is 0. The molecule has 0 N–H and O–H groups in total. The Labute approximate surface area is 729 Å². The average Bonchev–Trinajstić information content (AvgIpc) is 0.758. The van der Waals surface area contributed by atoms with Gasteiger partial charge in [-0.15, -0.1) is 0 Å². The molecule has 4 heterocycles. The van der Waals surface area contributed by atoms with Crippen LogP contribution in [0.25, 0.3) is 0 Å². The second-order valence-electron chi connectivity index (χ2n) is 30.5. The van der Waals surface area contributed by atoms with Crippen LogP contribution in [-0.4, -0.2) is 203 Å². The monoisotopic (exact) mass is 1710 g/mol. The van der Waals surface area contributed by atoms with Crippen molar-refractivity contribution in [2.24, 2.45) is 0 Å². The highest BCUT2D eigenvalue weighted by atomic mass is 16.8. The maximum Gasteiger partial charge on any atom is 0.341 e. The smallest absolute Gasteiger partial charge is 0.341 e. The van der Waals surface area contributed by atoms with E-state index in [0.29, 0.717) is 5.56 Å². The van der Waals surface area contributed by atoms with E-state index in [9.17, 15) is 14.4 Å². The number of benzene rings is 10. The third-order valence-corrected chi connectivity index (χ3v) is 22.1. The molecule has 4 aliphatic heterocycles. The number of ether oxygens (including phenoxy) is 22. The molecule has 0 aromatic heterocycles. The summed E-state index contributed by atoms with van der Waals surface area (Å²) in [7, 11) is 7.35. The normalized spacial score (nSPS) is 26.2. The van der Waals surface area contributed by atoms with Gasteiger partial charge in [-0.25, -0.2) is 14.4 Å². The summed E-state index contributed by atoms with van der Waals surface area (Å²) < 4.78 is 152. The highest BCUT2D eigenvalue weighted by Gasteiger charge is 2.59. The van der Waals surface area contributed by atoms with Gasteiger partial charge in [0.05, 0.1) is 103 Å². The highest BCUT2D eigenvalue weighted by Crippen LogP contribution is 2.41. The quantitative estimate of drug-likeness (QED) is 0.0254. The Morgan fingerprint density at radius 3 is 0.744 bits per heavy atom. The molecule has 10 aromatic carbocycles. The second-order valence-corrected chi connectivity index (χ2v) is 30.5. The minimum absolute atomic E-state index is 0.00335. The zero-order chi connectivity index (χ0) is 86.3. The van der Waals surface area contributed by atoms with Crippen LogP contribution in [-0.2, 0) is 157 Å².